The third-order valence-corrected chi connectivity index (χ3v) is 6.48. The quantitative estimate of drug-likeness (QED) is 0.542. The lowest BCUT2D eigenvalue weighted by Crippen LogP contribution is -2.92. The molecule has 0 bridgehead atoms. The molecule has 3 aromatic rings. The van der Waals surface area contributed by atoms with Crippen LogP contribution in [0.5, 0.6) is 0 Å². The summed E-state index contributed by atoms with van der Waals surface area (Å²) in [6, 6.07) is 12.6. The van der Waals surface area contributed by atoms with Crippen molar-refractivity contribution in [2.75, 3.05) is 0 Å². The fourth-order valence-electron chi connectivity index (χ4n) is 3.93. The van der Waals surface area contributed by atoms with Crippen LogP contribution < -0.4 is 5.32 Å². The van der Waals surface area contributed by atoms with Crippen LogP contribution >= 0.6 is 11.3 Å². The topological polar surface area (TPSA) is 66.5 Å². The van der Waals surface area contributed by atoms with Crippen LogP contribution in [0.1, 0.15) is 74.9 Å². The second-order valence-corrected chi connectivity index (χ2v) is 8.59. The Bertz CT molecular complexity index is 1000. The lowest BCUT2D eigenvalue weighted by Gasteiger charge is -2.19. The molecule has 152 valence electrons. The summed E-state index contributed by atoms with van der Waals surface area (Å²) in [6.07, 6.45) is 1.01. The van der Waals surface area contributed by atoms with Crippen molar-refractivity contribution >= 4 is 22.9 Å². The van der Waals surface area contributed by atoms with Gasteiger partial charge >= 0.3 is 0 Å². The van der Waals surface area contributed by atoms with Crippen LogP contribution in [-0.2, 0) is 6.42 Å². The number of ketones is 2. The summed E-state index contributed by atoms with van der Waals surface area (Å²) < 4.78 is 0. The molecule has 0 saturated carbocycles. The number of aromatic nitrogens is 1. The van der Waals surface area contributed by atoms with Crippen molar-refractivity contribution in [3.05, 3.63) is 80.3 Å². The Balaban J connectivity index is 1.89. The molecule has 4 nitrogen and oxygen atoms in total. The first-order chi connectivity index (χ1) is 13.8. The number of aromatic amines is 1. The molecule has 1 aromatic carbocycles. The van der Waals surface area contributed by atoms with Gasteiger partial charge in [0.2, 0.25) is 5.78 Å². The van der Waals surface area contributed by atoms with E-state index in [1.807, 2.05) is 26.8 Å². The largest absolute Gasteiger partial charge is 0.355 e. The number of nitrogens with two attached hydrogens (primary N) is 1. The van der Waals surface area contributed by atoms with Gasteiger partial charge < -0.3 is 10.3 Å². The van der Waals surface area contributed by atoms with E-state index in [-0.39, 0.29) is 23.7 Å². The SMILES string of the molecule is CCc1ccc([C@H]([NH2+][C@@H](C)C(=O)c2[nH]c(C)c(C(C)=O)c2C)c2cccs2)cc1. The maximum Gasteiger partial charge on any atom is 0.235 e. The molecule has 2 heterocycles. The van der Waals surface area contributed by atoms with E-state index in [9.17, 15) is 9.59 Å². The number of carbonyl (C=O) groups is 2. The van der Waals surface area contributed by atoms with Crippen molar-refractivity contribution in [3.63, 3.8) is 0 Å². The molecule has 2 atom stereocenters. The molecule has 0 amide bonds. The summed E-state index contributed by atoms with van der Waals surface area (Å²) >= 11 is 1.70. The maximum absolute atomic E-state index is 13.2. The first kappa shape index (κ1) is 21.2. The van der Waals surface area contributed by atoms with Crippen molar-refractivity contribution in [1.29, 1.82) is 0 Å². The van der Waals surface area contributed by atoms with Gasteiger partial charge in [0.1, 0.15) is 12.1 Å². The maximum atomic E-state index is 13.2. The van der Waals surface area contributed by atoms with E-state index in [1.165, 1.54) is 16.0 Å². The molecule has 0 saturated heterocycles. The van der Waals surface area contributed by atoms with Gasteiger partial charge in [-0.25, -0.2) is 0 Å². The van der Waals surface area contributed by atoms with Gasteiger partial charge in [-0.2, -0.15) is 0 Å². The Labute approximate surface area is 176 Å². The first-order valence-corrected chi connectivity index (χ1v) is 10.9. The highest BCUT2D eigenvalue weighted by Gasteiger charge is 2.29. The van der Waals surface area contributed by atoms with Crippen molar-refractivity contribution < 1.29 is 14.9 Å². The van der Waals surface area contributed by atoms with Crippen LogP contribution in [-0.4, -0.2) is 22.6 Å². The summed E-state index contributed by atoms with van der Waals surface area (Å²) in [5.41, 5.74) is 5.18. The number of nitrogens with one attached hydrogen (secondary N) is 1. The predicted octanol–water partition coefficient (Wildman–Crippen LogP) is 4.38. The minimum Gasteiger partial charge on any atom is -0.355 e. The fraction of sp³-hybridized carbons (Fsp3) is 0.333. The van der Waals surface area contributed by atoms with Crippen LogP contribution in [0.4, 0.5) is 0 Å². The highest BCUT2D eigenvalue weighted by molar-refractivity contribution is 7.10. The molecule has 0 unspecified atom stereocenters. The molecule has 0 radical (unpaired) electrons. The zero-order valence-corrected chi connectivity index (χ0v) is 18.5. The van der Waals surface area contributed by atoms with E-state index in [4.69, 9.17) is 0 Å². The summed E-state index contributed by atoms with van der Waals surface area (Å²) in [6.45, 7) is 9.32. The zero-order chi connectivity index (χ0) is 21.1. The number of H-pyrrole nitrogens is 1. The average Bonchev–Trinajstić information content (AvgIpc) is 3.33. The number of thiophene rings is 1. The molecule has 5 heteroatoms. The highest BCUT2D eigenvalue weighted by Crippen LogP contribution is 2.24. The van der Waals surface area contributed by atoms with Crippen LogP contribution in [0.25, 0.3) is 0 Å². The molecule has 0 fully saturated rings. The van der Waals surface area contributed by atoms with Crippen LogP contribution in [0.15, 0.2) is 41.8 Å². The number of aryl methyl sites for hydroxylation is 2. The number of hydrogen-bond acceptors (Lipinski definition) is 3. The summed E-state index contributed by atoms with van der Waals surface area (Å²) in [4.78, 5) is 29.5. The van der Waals surface area contributed by atoms with Gasteiger partial charge in [-0.1, -0.05) is 37.3 Å². The Morgan fingerprint density at radius 1 is 1.14 bits per heavy atom. The monoisotopic (exact) mass is 409 g/mol. The molecule has 3 rings (SSSR count). The molecule has 0 spiro atoms. The van der Waals surface area contributed by atoms with Gasteiger partial charge in [-0.15, -0.1) is 11.3 Å². The molecule has 29 heavy (non-hydrogen) atoms. The third kappa shape index (κ3) is 4.41. The number of benzene rings is 1. The molecule has 0 aliphatic carbocycles. The lowest BCUT2D eigenvalue weighted by atomic mass is 9.99. The molecular weight excluding hydrogens is 380 g/mol. The molecule has 3 N–H and O–H groups in total. The second-order valence-electron chi connectivity index (χ2n) is 7.61. The number of quaternary nitrogens is 1. The Morgan fingerprint density at radius 3 is 2.34 bits per heavy atom. The second kappa shape index (κ2) is 8.89. The molecule has 2 aromatic heterocycles. The predicted molar refractivity (Wildman–Crippen MR) is 118 cm³/mol. The van der Waals surface area contributed by atoms with Crippen LogP contribution in [0.3, 0.4) is 0 Å². The van der Waals surface area contributed by atoms with Gasteiger partial charge in [-0.3, -0.25) is 9.59 Å². The van der Waals surface area contributed by atoms with E-state index in [0.717, 1.165) is 17.7 Å². The summed E-state index contributed by atoms with van der Waals surface area (Å²) in [5, 5.41) is 4.19. The van der Waals surface area contributed by atoms with Gasteiger partial charge in [0.05, 0.1) is 10.6 Å². The van der Waals surface area contributed by atoms with E-state index < -0.39 is 0 Å². The molecular formula is C24H29N2O2S+. The van der Waals surface area contributed by atoms with Crippen molar-refractivity contribution in [3.8, 4) is 0 Å². The van der Waals surface area contributed by atoms with Gasteiger partial charge in [0, 0.05) is 16.8 Å². The van der Waals surface area contributed by atoms with Crippen molar-refractivity contribution in [1.82, 2.24) is 4.98 Å². The first-order valence-electron chi connectivity index (χ1n) is 10.0. The Hall–Kier alpha value is -2.50. The standard InChI is InChI=1S/C24H28N2O2S/c1-6-18-9-11-19(12-10-18)23(20-8-7-13-29-20)26-16(4)24(28)22-14(2)21(17(5)27)15(3)25-22/h7-13,16,23,25-26H,6H2,1-5H3/p+1/t16-,23-/m0/s1. The smallest absolute Gasteiger partial charge is 0.235 e. The average molecular weight is 410 g/mol. The lowest BCUT2D eigenvalue weighted by molar-refractivity contribution is -0.703. The van der Waals surface area contributed by atoms with Crippen LogP contribution in [0, 0.1) is 13.8 Å². The Morgan fingerprint density at radius 2 is 1.83 bits per heavy atom. The normalized spacial score (nSPS) is 13.3. The number of hydrogen-bond donors (Lipinski definition) is 2. The van der Waals surface area contributed by atoms with Gasteiger partial charge in [-0.05, 0) is 56.7 Å². The summed E-state index contributed by atoms with van der Waals surface area (Å²) in [5.74, 6) is 0.00393. The molecule has 0 aliphatic heterocycles. The van der Waals surface area contributed by atoms with E-state index in [1.54, 1.807) is 18.3 Å². The Kier molecular flexibility index (Phi) is 6.50. The van der Waals surface area contributed by atoms with E-state index in [0.29, 0.717) is 11.3 Å². The molecule has 0 aliphatic rings. The minimum atomic E-state index is -0.287. The van der Waals surface area contributed by atoms with Crippen molar-refractivity contribution in [2.45, 2.75) is 53.1 Å². The summed E-state index contributed by atoms with van der Waals surface area (Å²) in [7, 11) is 0. The van der Waals surface area contributed by atoms with E-state index in [2.05, 4.69) is 52.9 Å². The number of Topliss-reactive ketones (excluding diaryl/α,β-unsaturated/α-hetero) is 2. The number of rotatable bonds is 8. The minimum absolute atomic E-state index is 0.0144. The highest BCUT2D eigenvalue weighted by atomic mass is 32.1. The van der Waals surface area contributed by atoms with Crippen LogP contribution in [0.2, 0.25) is 0 Å². The zero-order valence-electron chi connectivity index (χ0n) is 17.7. The van der Waals surface area contributed by atoms with Gasteiger partial charge in [0.25, 0.3) is 0 Å². The van der Waals surface area contributed by atoms with Gasteiger partial charge in [0.15, 0.2) is 5.78 Å². The number of carbonyl (C=O) groups excluding carboxylic acids is 2. The van der Waals surface area contributed by atoms with E-state index >= 15 is 0 Å². The fourth-order valence-corrected chi connectivity index (χ4v) is 4.76. The third-order valence-electron chi connectivity index (χ3n) is 5.53. The van der Waals surface area contributed by atoms with Crippen molar-refractivity contribution in [2.24, 2.45) is 0 Å².